The van der Waals surface area contributed by atoms with Crippen LogP contribution in [0.3, 0.4) is 0 Å². The largest absolute Gasteiger partial charge is 0.317 e. The molecule has 30 heavy (non-hydrogen) atoms. The van der Waals surface area contributed by atoms with Gasteiger partial charge in [-0.2, -0.15) is 15.3 Å². The summed E-state index contributed by atoms with van der Waals surface area (Å²) in [6.07, 6.45) is 6.17. The van der Waals surface area contributed by atoms with Gasteiger partial charge in [0.25, 0.3) is 0 Å². The standard InChI is InChI=1S/C22H22N6OS/c1-28-12-17(11-24-28)15-2-3-19-16(8-15)9-18(26-27-19)10-21(29)20-13-30-22(25-20)14-4-6-23-7-5-14/h2-3,8-9,11-14,23H,4-7,10H2,1H3. The van der Waals surface area contributed by atoms with Crippen molar-refractivity contribution in [2.45, 2.75) is 25.2 Å². The molecule has 0 radical (unpaired) electrons. The molecule has 4 heterocycles. The zero-order valence-corrected chi connectivity index (χ0v) is 17.5. The lowest BCUT2D eigenvalue weighted by atomic mass is 9.99. The van der Waals surface area contributed by atoms with Crippen molar-refractivity contribution in [2.24, 2.45) is 7.05 Å². The number of rotatable bonds is 5. The molecule has 0 aliphatic carbocycles. The fourth-order valence-corrected chi connectivity index (χ4v) is 4.85. The Hall–Kier alpha value is -2.97. The number of Topliss-reactive ketones (excluding diaryl/α,β-unsaturated/α-hetero) is 1. The van der Waals surface area contributed by atoms with E-state index < -0.39 is 0 Å². The van der Waals surface area contributed by atoms with Crippen molar-refractivity contribution in [3.8, 4) is 11.1 Å². The van der Waals surface area contributed by atoms with Crippen molar-refractivity contribution in [2.75, 3.05) is 13.1 Å². The second-order valence-electron chi connectivity index (χ2n) is 7.71. The number of hydrogen-bond donors (Lipinski definition) is 1. The summed E-state index contributed by atoms with van der Waals surface area (Å²) in [4.78, 5) is 17.4. The van der Waals surface area contributed by atoms with Crippen LogP contribution in [0.2, 0.25) is 0 Å². The van der Waals surface area contributed by atoms with Crippen molar-refractivity contribution >= 4 is 28.0 Å². The minimum absolute atomic E-state index is 0.0106. The van der Waals surface area contributed by atoms with E-state index in [0.29, 0.717) is 17.3 Å². The second kappa shape index (κ2) is 8.04. The fourth-order valence-electron chi connectivity index (χ4n) is 3.85. The first-order valence-corrected chi connectivity index (χ1v) is 11.0. The Kier molecular flexibility index (Phi) is 5.10. The maximum Gasteiger partial charge on any atom is 0.188 e. The summed E-state index contributed by atoms with van der Waals surface area (Å²) in [6, 6.07) is 7.96. The van der Waals surface area contributed by atoms with E-state index in [-0.39, 0.29) is 12.2 Å². The SMILES string of the molecule is Cn1cc(-c2ccc3nnc(CC(=O)c4csc(C5CCNCC5)n4)cc3c2)cn1. The van der Waals surface area contributed by atoms with Crippen LogP contribution in [0.4, 0.5) is 0 Å². The lowest BCUT2D eigenvalue weighted by Crippen LogP contribution is -2.26. The number of aromatic nitrogens is 5. The van der Waals surface area contributed by atoms with Crippen LogP contribution >= 0.6 is 11.3 Å². The van der Waals surface area contributed by atoms with Gasteiger partial charge in [-0.1, -0.05) is 6.07 Å². The Morgan fingerprint density at radius 2 is 2.07 bits per heavy atom. The van der Waals surface area contributed by atoms with Crippen LogP contribution in [0.25, 0.3) is 22.0 Å². The smallest absolute Gasteiger partial charge is 0.188 e. The van der Waals surface area contributed by atoms with Gasteiger partial charge < -0.3 is 5.32 Å². The number of carbonyl (C=O) groups is 1. The maximum absolute atomic E-state index is 12.8. The number of nitrogens with one attached hydrogen (secondary N) is 1. The zero-order valence-electron chi connectivity index (χ0n) is 16.7. The summed E-state index contributed by atoms with van der Waals surface area (Å²) in [5.41, 5.74) is 4.11. The number of nitrogens with zero attached hydrogens (tertiary/aromatic N) is 5. The molecular formula is C22H22N6OS. The summed E-state index contributed by atoms with van der Waals surface area (Å²) in [5.74, 6) is 0.452. The molecule has 1 N–H and O–H groups in total. The first-order chi connectivity index (χ1) is 14.7. The third-order valence-corrected chi connectivity index (χ3v) is 6.52. The third-order valence-electron chi connectivity index (χ3n) is 5.51. The molecule has 1 aliphatic rings. The summed E-state index contributed by atoms with van der Waals surface area (Å²) < 4.78 is 1.78. The van der Waals surface area contributed by atoms with Crippen LogP contribution in [0.1, 0.15) is 39.9 Å². The molecule has 0 bridgehead atoms. The quantitative estimate of drug-likeness (QED) is 0.500. The van der Waals surface area contributed by atoms with Crippen molar-refractivity contribution < 1.29 is 4.79 Å². The Balaban J connectivity index is 1.35. The van der Waals surface area contributed by atoms with Gasteiger partial charge in [-0.15, -0.1) is 11.3 Å². The number of piperidine rings is 1. The molecule has 1 saturated heterocycles. The normalized spacial score (nSPS) is 15.0. The van der Waals surface area contributed by atoms with Crippen LogP contribution in [-0.2, 0) is 13.5 Å². The molecule has 0 atom stereocenters. The van der Waals surface area contributed by atoms with Crippen LogP contribution in [0, 0.1) is 0 Å². The predicted molar refractivity (Wildman–Crippen MR) is 117 cm³/mol. The van der Waals surface area contributed by atoms with Gasteiger partial charge in [0.2, 0.25) is 0 Å². The molecular weight excluding hydrogens is 396 g/mol. The third kappa shape index (κ3) is 3.88. The highest BCUT2D eigenvalue weighted by Crippen LogP contribution is 2.28. The first kappa shape index (κ1) is 19.0. The molecule has 0 amide bonds. The van der Waals surface area contributed by atoms with Crippen LogP contribution < -0.4 is 5.32 Å². The van der Waals surface area contributed by atoms with Gasteiger partial charge >= 0.3 is 0 Å². The molecule has 7 nitrogen and oxygen atoms in total. The minimum atomic E-state index is -0.0106. The van der Waals surface area contributed by atoms with E-state index in [1.165, 1.54) is 0 Å². The molecule has 152 valence electrons. The Bertz CT molecular complexity index is 1210. The molecule has 1 aromatic carbocycles. The van der Waals surface area contributed by atoms with Gasteiger partial charge in [0.05, 0.1) is 28.8 Å². The molecule has 1 aliphatic heterocycles. The Morgan fingerprint density at radius 1 is 1.20 bits per heavy atom. The van der Waals surface area contributed by atoms with Gasteiger partial charge in [-0.3, -0.25) is 9.48 Å². The molecule has 5 rings (SSSR count). The van der Waals surface area contributed by atoms with Crippen molar-refractivity contribution in [1.29, 1.82) is 0 Å². The summed E-state index contributed by atoms with van der Waals surface area (Å²) in [6.45, 7) is 2.03. The van der Waals surface area contributed by atoms with Crippen molar-refractivity contribution in [3.63, 3.8) is 0 Å². The van der Waals surface area contributed by atoms with E-state index in [0.717, 1.165) is 53.0 Å². The summed E-state index contributed by atoms with van der Waals surface area (Å²) in [5, 5.41) is 20.1. The molecule has 0 unspecified atom stereocenters. The lowest BCUT2D eigenvalue weighted by molar-refractivity contribution is 0.0987. The van der Waals surface area contributed by atoms with Crippen LogP contribution in [0.5, 0.6) is 0 Å². The number of thiazole rings is 1. The highest BCUT2D eigenvalue weighted by Gasteiger charge is 2.20. The van der Waals surface area contributed by atoms with E-state index in [4.69, 9.17) is 0 Å². The number of hydrogen-bond acceptors (Lipinski definition) is 7. The monoisotopic (exact) mass is 418 g/mol. The van der Waals surface area contributed by atoms with Crippen LogP contribution in [0.15, 0.2) is 42.0 Å². The van der Waals surface area contributed by atoms with E-state index in [1.54, 1.807) is 16.0 Å². The van der Waals surface area contributed by atoms with E-state index in [1.807, 2.05) is 43.0 Å². The second-order valence-corrected chi connectivity index (χ2v) is 8.60. The summed E-state index contributed by atoms with van der Waals surface area (Å²) >= 11 is 1.60. The minimum Gasteiger partial charge on any atom is -0.317 e. The number of fused-ring (bicyclic) bond motifs is 1. The Morgan fingerprint density at radius 3 is 2.87 bits per heavy atom. The molecule has 0 spiro atoms. The molecule has 1 fully saturated rings. The topological polar surface area (TPSA) is 85.6 Å². The summed E-state index contributed by atoms with van der Waals surface area (Å²) in [7, 11) is 1.90. The van der Waals surface area contributed by atoms with E-state index >= 15 is 0 Å². The average Bonchev–Trinajstić information content (AvgIpc) is 3.43. The van der Waals surface area contributed by atoms with Gasteiger partial charge in [0, 0.05) is 35.5 Å². The number of ketones is 1. The van der Waals surface area contributed by atoms with Crippen molar-refractivity contribution in [3.05, 3.63) is 58.4 Å². The molecule has 0 saturated carbocycles. The van der Waals surface area contributed by atoms with Gasteiger partial charge in [0.1, 0.15) is 5.69 Å². The fraction of sp³-hybridized carbons (Fsp3) is 0.318. The van der Waals surface area contributed by atoms with E-state index in [9.17, 15) is 4.79 Å². The molecule has 3 aromatic heterocycles. The van der Waals surface area contributed by atoms with Gasteiger partial charge in [0.15, 0.2) is 5.78 Å². The van der Waals surface area contributed by atoms with E-state index in [2.05, 4.69) is 31.7 Å². The van der Waals surface area contributed by atoms with Gasteiger partial charge in [-0.25, -0.2) is 4.98 Å². The first-order valence-electron chi connectivity index (χ1n) is 10.1. The average molecular weight is 419 g/mol. The Labute approximate surface area is 178 Å². The zero-order chi connectivity index (χ0) is 20.5. The van der Waals surface area contributed by atoms with Crippen molar-refractivity contribution in [1.82, 2.24) is 30.3 Å². The lowest BCUT2D eigenvalue weighted by Gasteiger charge is -2.20. The number of benzene rings is 1. The van der Waals surface area contributed by atoms with Crippen LogP contribution in [-0.4, -0.2) is 43.8 Å². The van der Waals surface area contributed by atoms with Gasteiger partial charge in [-0.05, 0) is 49.7 Å². The maximum atomic E-state index is 12.8. The highest BCUT2D eigenvalue weighted by molar-refractivity contribution is 7.09. The molecule has 8 heteroatoms. The predicted octanol–water partition coefficient (Wildman–Crippen LogP) is 3.38. The highest BCUT2D eigenvalue weighted by atomic mass is 32.1. The number of carbonyl (C=O) groups excluding carboxylic acids is 1. The molecule has 4 aromatic rings. The number of aryl methyl sites for hydroxylation is 1.